The van der Waals surface area contributed by atoms with E-state index in [1.807, 2.05) is 6.07 Å². The van der Waals surface area contributed by atoms with Crippen molar-refractivity contribution in [3.8, 4) is 0 Å². The van der Waals surface area contributed by atoms with Gasteiger partial charge in [-0.3, -0.25) is 14.3 Å². The lowest BCUT2D eigenvalue weighted by atomic mass is 10.0. The first kappa shape index (κ1) is 17.1. The van der Waals surface area contributed by atoms with Gasteiger partial charge in [-0.1, -0.05) is 17.3 Å². The minimum atomic E-state index is -0.344. The van der Waals surface area contributed by atoms with Gasteiger partial charge in [0.15, 0.2) is 5.69 Å². The van der Waals surface area contributed by atoms with E-state index in [1.54, 1.807) is 18.0 Å². The van der Waals surface area contributed by atoms with Gasteiger partial charge in [0.05, 0.1) is 12.2 Å². The van der Waals surface area contributed by atoms with Crippen LogP contribution in [-0.4, -0.2) is 50.8 Å². The summed E-state index contributed by atoms with van der Waals surface area (Å²) in [6.45, 7) is 0.928. The van der Waals surface area contributed by atoms with E-state index in [9.17, 15) is 14.0 Å². The molecule has 1 aromatic heterocycles. The van der Waals surface area contributed by atoms with Crippen LogP contribution in [0.1, 0.15) is 28.9 Å². The number of benzene rings is 1. The summed E-state index contributed by atoms with van der Waals surface area (Å²) in [6.07, 6.45) is 3.32. The number of likely N-dealkylation sites (tertiary alicyclic amines) is 1. The second kappa shape index (κ2) is 7.42. The number of carbonyl (C=O) groups is 2. The fourth-order valence-electron chi connectivity index (χ4n) is 3.04. The third-order valence-electron chi connectivity index (χ3n) is 4.24. The Morgan fingerprint density at radius 3 is 2.92 bits per heavy atom. The summed E-state index contributed by atoms with van der Waals surface area (Å²) < 4.78 is 14.9. The average Bonchev–Trinajstić information content (AvgIpc) is 3.20. The molecule has 1 aliphatic rings. The van der Waals surface area contributed by atoms with Gasteiger partial charge in [-0.15, -0.1) is 5.10 Å². The van der Waals surface area contributed by atoms with Gasteiger partial charge in [-0.05, 0) is 30.5 Å². The smallest absolute Gasteiger partial charge is 0.273 e. The Morgan fingerprint density at radius 1 is 1.44 bits per heavy atom. The number of nitrogens with one attached hydrogen (secondary N) is 1. The summed E-state index contributed by atoms with van der Waals surface area (Å²) in [5, 5.41) is 10.3. The monoisotopic (exact) mass is 345 g/mol. The summed E-state index contributed by atoms with van der Waals surface area (Å²) in [7, 11) is 1.68. The molecule has 1 N–H and O–H groups in total. The maximum atomic E-state index is 13.4. The number of carbonyl (C=O) groups excluding carboxylic acids is 2. The standard InChI is InChI=1S/C17H20FN5O2/c1-22-11-15(20-21-22)17(25)19-10-14(23-7-3-6-16(23)24)9-12-4-2-5-13(18)8-12/h2,4-5,8,11,14H,3,6-7,9-10H2,1H3,(H,19,25)/t14-/m0/s1. The maximum absolute atomic E-state index is 13.4. The Balaban J connectivity index is 1.70. The van der Waals surface area contributed by atoms with E-state index >= 15 is 0 Å². The number of nitrogens with zero attached hydrogens (tertiary/aromatic N) is 4. The molecule has 0 bridgehead atoms. The Kier molecular flexibility index (Phi) is 5.06. The molecule has 1 aromatic carbocycles. The molecule has 1 atom stereocenters. The molecule has 25 heavy (non-hydrogen) atoms. The molecule has 3 rings (SSSR count). The van der Waals surface area contributed by atoms with Crippen LogP contribution in [0.5, 0.6) is 0 Å². The van der Waals surface area contributed by atoms with Crippen molar-refractivity contribution in [1.29, 1.82) is 0 Å². The highest BCUT2D eigenvalue weighted by atomic mass is 19.1. The van der Waals surface area contributed by atoms with Gasteiger partial charge in [-0.25, -0.2) is 4.39 Å². The number of aromatic nitrogens is 3. The molecule has 1 saturated heterocycles. The second-order valence-corrected chi connectivity index (χ2v) is 6.17. The number of halogens is 1. The van der Waals surface area contributed by atoms with Crippen LogP contribution in [-0.2, 0) is 18.3 Å². The van der Waals surface area contributed by atoms with Crippen LogP contribution < -0.4 is 5.32 Å². The first-order chi connectivity index (χ1) is 12.0. The van der Waals surface area contributed by atoms with Gasteiger partial charge < -0.3 is 10.2 Å². The molecule has 0 spiro atoms. The molecule has 2 heterocycles. The number of hydrogen-bond acceptors (Lipinski definition) is 4. The molecule has 1 fully saturated rings. The zero-order valence-corrected chi connectivity index (χ0v) is 14.0. The lowest BCUT2D eigenvalue weighted by Crippen LogP contribution is -2.45. The normalized spacial score (nSPS) is 15.4. The van der Waals surface area contributed by atoms with Crippen LogP contribution in [0.2, 0.25) is 0 Å². The van der Waals surface area contributed by atoms with Gasteiger partial charge in [0, 0.05) is 26.6 Å². The number of amides is 2. The van der Waals surface area contributed by atoms with Crippen LogP contribution in [0.3, 0.4) is 0 Å². The predicted molar refractivity (Wildman–Crippen MR) is 88.2 cm³/mol. The van der Waals surface area contributed by atoms with Crippen molar-refractivity contribution < 1.29 is 14.0 Å². The minimum absolute atomic E-state index is 0.0650. The quantitative estimate of drug-likeness (QED) is 0.844. The summed E-state index contributed by atoms with van der Waals surface area (Å²) in [5.74, 6) is -0.591. The van der Waals surface area contributed by atoms with Crippen molar-refractivity contribution in [3.63, 3.8) is 0 Å². The van der Waals surface area contributed by atoms with Crippen molar-refractivity contribution >= 4 is 11.8 Å². The third kappa shape index (κ3) is 4.20. The van der Waals surface area contributed by atoms with E-state index < -0.39 is 0 Å². The van der Waals surface area contributed by atoms with Crippen molar-refractivity contribution in [2.75, 3.05) is 13.1 Å². The zero-order chi connectivity index (χ0) is 17.8. The van der Waals surface area contributed by atoms with Crippen molar-refractivity contribution in [1.82, 2.24) is 25.2 Å². The Hall–Kier alpha value is -2.77. The van der Waals surface area contributed by atoms with Gasteiger partial charge in [0.25, 0.3) is 5.91 Å². The minimum Gasteiger partial charge on any atom is -0.349 e. The Bertz CT molecular complexity index is 776. The summed E-state index contributed by atoms with van der Waals surface area (Å²) in [6, 6.07) is 6.08. The van der Waals surface area contributed by atoms with Crippen LogP contribution in [0, 0.1) is 5.82 Å². The van der Waals surface area contributed by atoms with Crippen LogP contribution >= 0.6 is 0 Å². The molecule has 132 valence electrons. The van der Waals surface area contributed by atoms with Gasteiger partial charge in [0.1, 0.15) is 5.82 Å². The summed E-state index contributed by atoms with van der Waals surface area (Å²) in [4.78, 5) is 26.0. The fraction of sp³-hybridized carbons (Fsp3) is 0.412. The van der Waals surface area contributed by atoms with Crippen molar-refractivity contribution in [2.24, 2.45) is 7.05 Å². The number of hydrogen-bond donors (Lipinski definition) is 1. The highest BCUT2D eigenvalue weighted by Gasteiger charge is 2.28. The van der Waals surface area contributed by atoms with E-state index in [1.165, 1.54) is 23.0 Å². The molecule has 7 nitrogen and oxygen atoms in total. The van der Waals surface area contributed by atoms with E-state index in [0.29, 0.717) is 19.4 Å². The Labute approximate surface area is 144 Å². The molecular weight excluding hydrogens is 325 g/mol. The SMILES string of the molecule is Cn1cc(C(=O)NC[C@H](Cc2cccc(F)c2)N2CCCC2=O)nn1. The lowest BCUT2D eigenvalue weighted by molar-refractivity contribution is -0.129. The number of rotatable bonds is 6. The number of aryl methyl sites for hydroxylation is 1. The molecule has 0 saturated carbocycles. The van der Waals surface area contributed by atoms with E-state index in [0.717, 1.165) is 12.0 Å². The zero-order valence-electron chi connectivity index (χ0n) is 14.0. The first-order valence-electron chi connectivity index (χ1n) is 8.21. The predicted octanol–water partition coefficient (Wildman–Crippen LogP) is 0.918. The van der Waals surface area contributed by atoms with E-state index in [-0.39, 0.29) is 35.9 Å². The van der Waals surface area contributed by atoms with Crippen molar-refractivity contribution in [3.05, 3.63) is 47.5 Å². The van der Waals surface area contributed by atoms with E-state index in [2.05, 4.69) is 15.6 Å². The maximum Gasteiger partial charge on any atom is 0.273 e. The summed E-state index contributed by atoms with van der Waals surface area (Å²) in [5.41, 5.74) is 1.01. The largest absolute Gasteiger partial charge is 0.349 e. The Morgan fingerprint density at radius 2 is 2.28 bits per heavy atom. The highest BCUT2D eigenvalue weighted by molar-refractivity contribution is 5.91. The van der Waals surface area contributed by atoms with Gasteiger partial charge in [-0.2, -0.15) is 0 Å². The second-order valence-electron chi connectivity index (χ2n) is 6.17. The van der Waals surface area contributed by atoms with E-state index in [4.69, 9.17) is 0 Å². The molecular formula is C17H20FN5O2. The fourth-order valence-corrected chi connectivity index (χ4v) is 3.04. The van der Waals surface area contributed by atoms with Gasteiger partial charge in [0.2, 0.25) is 5.91 Å². The summed E-state index contributed by atoms with van der Waals surface area (Å²) >= 11 is 0. The first-order valence-corrected chi connectivity index (χ1v) is 8.21. The van der Waals surface area contributed by atoms with Crippen LogP contribution in [0.15, 0.2) is 30.5 Å². The molecule has 0 aliphatic carbocycles. The average molecular weight is 345 g/mol. The molecule has 2 amide bonds. The van der Waals surface area contributed by atoms with Gasteiger partial charge >= 0.3 is 0 Å². The lowest BCUT2D eigenvalue weighted by Gasteiger charge is -2.28. The molecule has 1 aliphatic heterocycles. The molecule has 8 heteroatoms. The highest BCUT2D eigenvalue weighted by Crippen LogP contribution is 2.17. The molecule has 2 aromatic rings. The molecule has 0 unspecified atom stereocenters. The third-order valence-corrected chi connectivity index (χ3v) is 4.24. The molecule has 0 radical (unpaired) electrons. The topological polar surface area (TPSA) is 80.1 Å². The van der Waals surface area contributed by atoms with Crippen molar-refractivity contribution in [2.45, 2.75) is 25.3 Å². The van der Waals surface area contributed by atoms with Crippen LogP contribution in [0.25, 0.3) is 0 Å². The van der Waals surface area contributed by atoms with Crippen LogP contribution in [0.4, 0.5) is 4.39 Å².